The predicted octanol–water partition coefficient (Wildman–Crippen LogP) is 1.45. The Balaban J connectivity index is 2.05. The molecule has 0 saturated heterocycles. The van der Waals surface area contributed by atoms with E-state index in [1.807, 2.05) is 6.92 Å². The molecular weight excluding hydrogens is 216 g/mol. The van der Waals surface area contributed by atoms with Gasteiger partial charge in [0.05, 0.1) is 6.61 Å². The number of carbonyl (C=O) groups excluding carboxylic acids is 1. The van der Waals surface area contributed by atoms with Crippen molar-refractivity contribution in [2.75, 3.05) is 19.7 Å². The second kappa shape index (κ2) is 8.48. The lowest BCUT2D eigenvalue weighted by Gasteiger charge is -2.17. The standard InChI is InChI=1S/C13H26N2O2/c1-3-8-14-9-10-17-11(2)13(16)15-12-6-4-5-7-12/h11-12,14H,3-10H2,1-2H3,(H,15,16). The third-order valence-corrected chi connectivity index (χ3v) is 3.14. The summed E-state index contributed by atoms with van der Waals surface area (Å²) in [5, 5.41) is 6.29. The number of nitrogens with one attached hydrogen (secondary N) is 2. The van der Waals surface area contributed by atoms with Crippen LogP contribution in [-0.4, -0.2) is 37.7 Å². The van der Waals surface area contributed by atoms with Crippen molar-refractivity contribution in [2.45, 2.75) is 58.1 Å². The van der Waals surface area contributed by atoms with Crippen LogP contribution in [0.4, 0.5) is 0 Å². The van der Waals surface area contributed by atoms with Crippen LogP contribution in [0.15, 0.2) is 0 Å². The van der Waals surface area contributed by atoms with E-state index < -0.39 is 0 Å². The molecule has 1 aliphatic rings. The topological polar surface area (TPSA) is 50.4 Å². The molecule has 0 aromatic carbocycles. The Morgan fingerprint density at radius 1 is 1.35 bits per heavy atom. The average molecular weight is 242 g/mol. The van der Waals surface area contributed by atoms with Crippen LogP contribution in [0.5, 0.6) is 0 Å². The zero-order chi connectivity index (χ0) is 12.5. The molecule has 1 saturated carbocycles. The fraction of sp³-hybridized carbons (Fsp3) is 0.923. The molecule has 0 radical (unpaired) electrons. The molecule has 0 bridgehead atoms. The highest BCUT2D eigenvalue weighted by Gasteiger charge is 2.20. The molecular formula is C13H26N2O2. The van der Waals surface area contributed by atoms with Crippen molar-refractivity contribution in [3.8, 4) is 0 Å². The maximum Gasteiger partial charge on any atom is 0.249 e. The molecule has 2 N–H and O–H groups in total. The van der Waals surface area contributed by atoms with Crippen LogP contribution in [0, 0.1) is 0 Å². The highest BCUT2D eigenvalue weighted by Crippen LogP contribution is 2.17. The molecule has 0 aliphatic heterocycles. The van der Waals surface area contributed by atoms with E-state index >= 15 is 0 Å². The van der Waals surface area contributed by atoms with E-state index in [1.54, 1.807) is 0 Å². The van der Waals surface area contributed by atoms with E-state index in [2.05, 4.69) is 17.6 Å². The highest BCUT2D eigenvalue weighted by molar-refractivity contribution is 5.80. The SMILES string of the molecule is CCCNCCOC(C)C(=O)NC1CCCC1. The summed E-state index contributed by atoms with van der Waals surface area (Å²) in [4.78, 5) is 11.8. The summed E-state index contributed by atoms with van der Waals surface area (Å²) in [5.41, 5.74) is 0. The zero-order valence-corrected chi connectivity index (χ0v) is 11.1. The smallest absolute Gasteiger partial charge is 0.249 e. The Bertz CT molecular complexity index is 215. The van der Waals surface area contributed by atoms with Crippen LogP contribution in [0.25, 0.3) is 0 Å². The Kier molecular flexibility index (Phi) is 7.21. The maximum absolute atomic E-state index is 11.8. The van der Waals surface area contributed by atoms with E-state index in [-0.39, 0.29) is 12.0 Å². The minimum atomic E-state index is -0.334. The van der Waals surface area contributed by atoms with Gasteiger partial charge in [0.2, 0.25) is 5.91 Å². The molecule has 1 unspecified atom stereocenters. The van der Waals surface area contributed by atoms with Gasteiger partial charge in [-0.3, -0.25) is 4.79 Å². The first kappa shape index (κ1) is 14.5. The minimum absolute atomic E-state index is 0.0346. The van der Waals surface area contributed by atoms with Crippen molar-refractivity contribution in [3.05, 3.63) is 0 Å². The summed E-state index contributed by atoms with van der Waals surface area (Å²) >= 11 is 0. The van der Waals surface area contributed by atoms with Crippen molar-refractivity contribution in [2.24, 2.45) is 0 Å². The molecule has 0 heterocycles. The van der Waals surface area contributed by atoms with Crippen molar-refractivity contribution in [1.29, 1.82) is 0 Å². The molecule has 1 atom stereocenters. The first-order chi connectivity index (χ1) is 8.24. The van der Waals surface area contributed by atoms with E-state index in [1.165, 1.54) is 12.8 Å². The zero-order valence-electron chi connectivity index (χ0n) is 11.1. The molecule has 100 valence electrons. The molecule has 4 nitrogen and oxygen atoms in total. The second-order valence-corrected chi connectivity index (χ2v) is 4.75. The van der Waals surface area contributed by atoms with Gasteiger partial charge in [-0.2, -0.15) is 0 Å². The summed E-state index contributed by atoms with van der Waals surface area (Å²) in [6.07, 6.45) is 5.51. The van der Waals surface area contributed by atoms with Gasteiger partial charge in [-0.05, 0) is 32.7 Å². The van der Waals surface area contributed by atoms with Crippen molar-refractivity contribution in [3.63, 3.8) is 0 Å². The second-order valence-electron chi connectivity index (χ2n) is 4.75. The normalized spacial score (nSPS) is 18.2. The quantitative estimate of drug-likeness (QED) is 0.633. The number of hydrogen-bond donors (Lipinski definition) is 2. The Morgan fingerprint density at radius 3 is 2.71 bits per heavy atom. The number of rotatable bonds is 8. The minimum Gasteiger partial charge on any atom is -0.367 e. The number of hydrogen-bond acceptors (Lipinski definition) is 3. The number of amides is 1. The van der Waals surface area contributed by atoms with Crippen LogP contribution in [-0.2, 0) is 9.53 Å². The first-order valence-electron chi connectivity index (χ1n) is 6.86. The monoisotopic (exact) mass is 242 g/mol. The van der Waals surface area contributed by atoms with E-state index in [0.717, 1.165) is 32.4 Å². The Morgan fingerprint density at radius 2 is 2.06 bits per heavy atom. The predicted molar refractivity (Wildman–Crippen MR) is 69.0 cm³/mol. The van der Waals surface area contributed by atoms with Crippen LogP contribution in [0.2, 0.25) is 0 Å². The van der Waals surface area contributed by atoms with E-state index in [0.29, 0.717) is 12.6 Å². The van der Waals surface area contributed by atoms with Gasteiger partial charge in [0.15, 0.2) is 0 Å². The van der Waals surface area contributed by atoms with Crippen LogP contribution < -0.4 is 10.6 Å². The van der Waals surface area contributed by atoms with Crippen LogP contribution in [0.1, 0.15) is 46.0 Å². The average Bonchev–Trinajstić information content (AvgIpc) is 2.81. The summed E-state index contributed by atoms with van der Waals surface area (Å²) in [7, 11) is 0. The molecule has 0 spiro atoms. The lowest BCUT2D eigenvalue weighted by Crippen LogP contribution is -2.40. The Labute approximate surface area is 104 Å². The third-order valence-electron chi connectivity index (χ3n) is 3.14. The number of carbonyl (C=O) groups is 1. The van der Waals surface area contributed by atoms with Gasteiger partial charge >= 0.3 is 0 Å². The van der Waals surface area contributed by atoms with Crippen LogP contribution >= 0.6 is 0 Å². The fourth-order valence-corrected chi connectivity index (χ4v) is 2.07. The summed E-state index contributed by atoms with van der Waals surface area (Å²) in [5.74, 6) is 0.0346. The van der Waals surface area contributed by atoms with Gasteiger partial charge in [-0.1, -0.05) is 19.8 Å². The molecule has 0 aromatic rings. The van der Waals surface area contributed by atoms with E-state index in [4.69, 9.17) is 4.74 Å². The molecule has 17 heavy (non-hydrogen) atoms. The first-order valence-corrected chi connectivity index (χ1v) is 6.86. The molecule has 1 fully saturated rings. The maximum atomic E-state index is 11.8. The van der Waals surface area contributed by atoms with Gasteiger partial charge in [0.25, 0.3) is 0 Å². The summed E-state index contributed by atoms with van der Waals surface area (Å²) in [6, 6.07) is 0.381. The van der Waals surface area contributed by atoms with Gasteiger partial charge in [0.1, 0.15) is 6.10 Å². The fourth-order valence-electron chi connectivity index (χ4n) is 2.07. The van der Waals surface area contributed by atoms with Gasteiger partial charge in [-0.25, -0.2) is 0 Å². The van der Waals surface area contributed by atoms with E-state index in [9.17, 15) is 4.79 Å². The molecule has 4 heteroatoms. The lowest BCUT2D eigenvalue weighted by atomic mass is 10.2. The highest BCUT2D eigenvalue weighted by atomic mass is 16.5. The lowest BCUT2D eigenvalue weighted by molar-refractivity contribution is -0.132. The molecule has 1 aliphatic carbocycles. The van der Waals surface area contributed by atoms with Crippen molar-refractivity contribution < 1.29 is 9.53 Å². The van der Waals surface area contributed by atoms with Gasteiger partial charge in [0, 0.05) is 12.6 Å². The molecule has 1 amide bonds. The molecule has 1 rings (SSSR count). The molecule has 0 aromatic heterocycles. The summed E-state index contributed by atoms with van der Waals surface area (Å²) in [6.45, 7) is 6.37. The van der Waals surface area contributed by atoms with Crippen LogP contribution in [0.3, 0.4) is 0 Å². The number of ether oxygens (including phenoxy) is 1. The third kappa shape index (κ3) is 6.03. The summed E-state index contributed by atoms with van der Waals surface area (Å²) < 4.78 is 5.49. The largest absolute Gasteiger partial charge is 0.367 e. The van der Waals surface area contributed by atoms with Crippen molar-refractivity contribution >= 4 is 5.91 Å². The van der Waals surface area contributed by atoms with Gasteiger partial charge < -0.3 is 15.4 Å². The van der Waals surface area contributed by atoms with Crippen molar-refractivity contribution in [1.82, 2.24) is 10.6 Å². The Hall–Kier alpha value is -0.610. The van der Waals surface area contributed by atoms with Gasteiger partial charge in [-0.15, -0.1) is 0 Å².